The summed E-state index contributed by atoms with van der Waals surface area (Å²) in [6, 6.07) is 10.5. The normalized spacial score (nSPS) is 29.2. The molecular formula is C16H24OS. The van der Waals surface area contributed by atoms with Crippen molar-refractivity contribution in [3.63, 3.8) is 0 Å². The van der Waals surface area contributed by atoms with Crippen LogP contribution < -0.4 is 0 Å². The Hall–Kier alpha value is -0.470. The summed E-state index contributed by atoms with van der Waals surface area (Å²) in [5.41, 5.74) is 0. The average molecular weight is 264 g/mol. The largest absolute Gasteiger partial charge is 0.393 e. The second-order valence-electron chi connectivity index (χ2n) is 6.11. The maximum absolute atomic E-state index is 10.3. The fourth-order valence-electron chi connectivity index (χ4n) is 3.03. The molecule has 1 aliphatic rings. The Morgan fingerprint density at radius 1 is 1.17 bits per heavy atom. The Morgan fingerprint density at radius 2 is 1.83 bits per heavy atom. The van der Waals surface area contributed by atoms with Gasteiger partial charge in [0.2, 0.25) is 0 Å². The highest BCUT2D eigenvalue weighted by Crippen LogP contribution is 2.45. The van der Waals surface area contributed by atoms with Gasteiger partial charge in [0.25, 0.3) is 0 Å². The van der Waals surface area contributed by atoms with E-state index in [-0.39, 0.29) is 10.9 Å². The molecule has 18 heavy (non-hydrogen) atoms. The quantitative estimate of drug-likeness (QED) is 0.819. The van der Waals surface area contributed by atoms with Crippen molar-refractivity contribution < 1.29 is 5.11 Å². The molecule has 0 aromatic heterocycles. The van der Waals surface area contributed by atoms with Crippen LogP contribution in [-0.4, -0.2) is 16.0 Å². The topological polar surface area (TPSA) is 20.2 Å². The van der Waals surface area contributed by atoms with Crippen molar-refractivity contribution >= 4 is 11.8 Å². The number of rotatable bonds is 3. The van der Waals surface area contributed by atoms with Crippen molar-refractivity contribution in [2.75, 3.05) is 0 Å². The highest BCUT2D eigenvalue weighted by Gasteiger charge is 2.38. The SMILES string of the molecule is C[C@@H]1CC[C@H](C(C)(C)Sc2ccccc2)[C@H](O)C1. The number of hydrogen-bond acceptors (Lipinski definition) is 2. The lowest BCUT2D eigenvalue weighted by atomic mass is 9.75. The van der Waals surface area contributed by atoms with Gasteiger partial charge in [-0.2, -0.15) is 0 Å². The first-order chi connectivity index (χ1) is 8.49. The minimum absolute atomic E-state index is 0.0981. The summed E-state index contributed by atoms with van der Waals surface area (Å²) in [6.45, 7) is 6.79. The molecule has 3 atom stereocenters. The van der Waals surface area contributed by atoms with Crippen LogP contribution in [0.2, 0.25) is 0 Å². The lowest BCUT2D eigenvalue weighted by Gasteiger charge is -2.41. The molecule has 1 aromatic rings. The van der Waals surface area contributed by atoms with Gasteiger partial charge in [-0.1, -0.05) is 31.5 Å². The van der Waals surface area contributed by atoms with Crippen LogP contribution in [0.15, 0.2) is 35.2 Å². The highest BCUT2D eigenvalue weighted by atomic mass is 32.2. The molecule has 1 nitrogen and oxygen atoms in total. The van der Waals surface area contributed by atoms with Crippen molar-refractivity contribution in [3.8, 4) is 0 Å². The first kappa shape index (κ1) is 14.0. The molecule has 2 rings (SSSR count). The third-order valence-electron chi connectivity index (χ3n) is 4.10. The Kier molecular flexibility index (Phi) is 4.39. The molecule has 0 saturated heterocycles. The summed E-state index contributed by atoms with van der Waals surface area (Å²) < 4.78 is 0.0981. The lowest BCUT2D eigenvalue weighted by molar-refractivity contribution is 0.0349. The molecule has 0 heterocycles. The van der Waals surface area contributed by atoms with E-state index in [0.717, 1.165) is 12.8 Å². The summed E-state index contributed by atoms with van der Waals surface area (Å²) in [4.78, 5) is 1.30. The van der Waals surface area contributed by atoms with Crippen molar-refractivity contribution in [2.24, 2.45) is 11.8 Å². The van der Waals surface area contributed by atoms with E-state index in [0.29, 0.717) is 11.8 Å². The Labute approximate surface area is 115 Å². The smallest absolute Gasteiger partial charge is 0.0584 e. The van der Waals surface area contributed by atoms with Gasteiger partial charge in [0, 0.05) is 9.64 Å². The van der Waals surface area contributed by atoms with Gasteiger partial charge in [0.1, 0.15) is 0 Å². The maximum Gasteiger partial charge on any atom is 0.0584 e. The number of thioether (sulfide) groups is 1. The Bertz CT molecular complexity index is 374. The molecule has 0 amide bonds. The average Bonchev–Trinajstić information content (AvgIpc) is 2.29. The number of aliphatic hydroxyl groups is 1. The Balaban J connectivity index is 2.06. The number of aliphatic hydroxyl groups excluding tert-OH is 1. The summed E-state index contributed by atoms with van der Waals surface area (Å²) in [5, 5.41) is 10.3. The summed E-state index contributed by atoms with van der Waals surface area (Å²) >= 11 is 1.90. The van der Waals surface area contributed by atoms with Crippen molar-refractivity contribution in [1.82, 2.24) is 0 Å². The van der Waals surface area contributed by atoms with E-state index in [4.69, 9.17) is 0 Å². The van der Waals surface area contributed by atoms with E-state index in [1.165, 1.54) is 11.3 Å². The van der Waals surface area contributed by atoms with Crippen LogP contribution in [0.4, 0.5) is 0 Å². The first-order valence-electron chi connectivity index (χ1n) is 6.91. The van der Waals surface area contributed by atoms with Gasteiger partial charge in [-0.3, -0.25) is 0 Å². The zero-order chi connectivity index (χ0) is 13.2. The fourth-order valence-corrected chi connectivity index (χ4v) is 4.36. The molecule has 1 fully saturated rings. The molecule has 0 unspecified atom stereocenters. The Morgan fingerprint density at radius 3 is 2.44 bits per heavy atom. The molecule has 1 aromatic carbocycles. The summed E-state index contributed by atoms with van der Waals surface area (Å²) in [6.07, 6.45) is 3.22. The standard InChI is InChI=1S/C16H24OS/c1-12-9-10-14(15(17)11-12)16(2,3)18-13-7-5-4-6-8-13/h4-8,12,14-15,17H,9-11H2,1-3H3/t12-,14+,15-/m1/s1. The molecule has 0 radical (unpaired) electrons. The lowest BCUT2D eigenvalue weighted by Crippen LogP contribution is -2.40. The van der Waals surface area contributed by atoms with E-state index in [2.05, 4.69) is 45.0 Å². The molecular weight excluding hydrogens is 240 g/mol. The second kappa shape index (κ2) is 5.66. The second-order valence-corrected chi connectivity index (χ2v) is 7.84. The minimum Gasteiger partial charge on any atom is -0.393 e. The molecule has 1 N–H and O–H groups in total. The van der Waals surface area contributed by atoms with E-state index < -0.39 is 0 Å². The highest BCUT2D eigenvalue weighted by molar-refractivity contribution is 8.00. The summed E-state index contributed by atoms with van der Waals surface area (Å²) in [7, 11) is 0. The van der Waals surface area contributed by atoms with Crippen LogP contribution in [0.5, 0.6) is 0 Å². The van der Waals surface area contributed by atoms with E-state index >= 15 is 0 Å². The molecule has 1 aliphatic carbocycles. The predicted octanol–water partition coefficient (Wildman–Crippen LogP) is 4.35. The van der Waals surface area contributed by atoms with Gasteiger partial charge in [-0.05, 0) is 50.7 Å². The maximum atomic E-state index is 10.3. The minimum atomic E-state index is -0.139. The van der Waals surface area contributed by atoms with Crippen LogP contribution in [-0.2, 0) is 0 Å². The number of hydrogen-bond donors (Lipinski definition) is 1. The molecule has 1 saturated carbocycles. The van der Waals surface area contributed by atoms with Crippen LogP contribution in [0.25, 0.3) is 0 Å². The van der Waals surface area contributed by atoms with E-state index in [1.807, 2.05) is 17.8 Å². The zero-order valence-electron chi connectivity index (χ0n) is 11.6. The van der Waals surface area contributed by atoms with Crippen LogP contribution in [0.3, 0.4) is 0 Å². The van der Waals surface area contributed by atoms with Gasteiger partial charge in [-0.25, -0.2) is 0 Å². The molecule has 0 bridgehead atoms. The van der Waals surface area contributed by atoms with Crippen molar-refractivity contribution in [2.45, 2.75) is 55.8 Å². The van der Waals surface area contributed by atoms with Gasteiger partial charge in [-0.15, -0.1) is 11.8 Å². The third kappa shape index (κ3) is 3.30. The predicted molar refractivity (Wildman–Crippen MR) is 78.9 cm³/mol. The van der Waals surface area contributed by atoms with Gasteiger partial charge in [0.15, 0.2) is 0 Å². The van der Waals surface area contributed by atoms with E-state index in [1.54, 1.807) is 0 Å². The van der Waals surface area contributed by atoms with Crippen LogP contribution in [0.1, 0.15) is 40.0 Å². The number of benzene rings is 1. The molecule has 2 heteroatoms. The van der Waals surface area contributed by atoms with Crippen LogP contribution in [0, 0.1) is 11.8 Å². The monoisotopic (exact) mass is 264 g/mol. The zero-order valence-corrected chi connectivity index (χ0v) is 12.4. The molecule has 100 valence electrons. The van der Waals surface area contributed by atoms with Crippen molar-refractivity contribution in [3.05, 3.63) is 30.3 Å². The molecule has 0 spiro atoms. The molecule has 0 aliphatic heterocycles. The van der Waals surface area contributed by atoms with Gasteiger partial charge in [0.05, 0.1) is 6.10 Å². The summed E-state index contributed by atoms with van der Waals surface area (Å²) in [5.74, 6) is 1.08. The fraction of sp³-hybridized carbons (Fsp3) is 0.625. The van der Waals surface area contributed by atoms with E-state index in [9.17, 15) is 5.11 Å². The van der Waals surface area contributed by atoms with Crippen molar-refractivity contribution in [1.29, 1.82) is 0 Å². The van der Waals surface area contributed by atoms with Gasteiger partial charge >= 0.3 is 0 Å². The first-order valence-corrected chi connectivity index (χ1v) is 7.73. The van der Waals surface area contributed by atoms with Crippen LogP contribution >= 0.6 is 11.8 Å². The third-order valence-corrected chi connectivity index (χ3v) is 5.43. The van der Waals surface area contributed by atoms with Gasteiger partial charge < -0.3 is 5.11 Å².